The Balaban J connectivity index is 1.78. The van der Waals surface area contributed by atoms with Crippen LogP contribution < -0.4 is 5.32 Å². The van der Waals surface area contributed by atoms with Crippen LogP contribution in [0.2, 0.25) is 0 Å². The highest BCUT2D eigenvalue weighted by Crippen LogP contribution is 2.35. The lowest BCUT2D eigenvalue weighted by molar-refractivity contribution is -0.139. The Bertz CT molecular complexity index is 1040. The van der Waals surface area contributed by atoms with Gasteiger partial charge in [0.25, 0.3) is 5.91 Å². The monoisotopic (exact) mass is 376 g/mol. The summed E-state index contributed by atoms with van der Waals surface area (Å²) in [6.45, 7) is 0.510. The second kappa shape index (κ2) is 6.19. The van der Waals surface area contributed by atoms with E-state index in [1.807, 2.05) is 0 Å². The highest BCUT2D eigenvalue weighted by molar-refractivity contribution is 5.97. The number of carbonyl (C=O) groups is 1. The molecule has 0 bridgehead atoms. The van der Waals surface area contributed by atoms with E-state index in [1.54, 1.807) is 6.07 Å². The molecule has 3 heterocycles. The van der Waals surface area contributed by atoms with Gasteiger partial charge in [0, 0.05) is 24.9 Å². The van der Waals surface area contributed by atoms with Crippen LogP contribution in [0.1, 0.15) is 21.6 Å². The molecule has 3 aromatic rings. The van der Waals surface area contributed by atoms with Gasteiger partial charge in [0.05, 0.1) is 28.1 Å². The minimum absolute atomic E-state index is 0.173. The third-order valence-corrected chi connectivity index (χ3v) is 4.28. The Labute approximate surface area is 150 Å². The molecule has 1 amide bonds. The van der Waals surface area contributed by atoms with Gasteiger partial charge in [-0.25, -0.2) is 14.4 Å². The molecule has 5 nitrogen and oxygen atoms in total. The number of rotatable bonds is 2. The summed E-state index contributed by atoms with van der Waals surface area (Å²) in [5, 5.41) is 2.72. The first-order chi connectivity index (χ1) is 12.8. The lowest BCUT2D eigenvalue weighted by atomic mass is 10.1. The minimum atomic E-state index is -4.82. The molecule has 138 valence electrons. The fraction of sp³-hybridized carbons (Fsp3) is 0.167. The van der Waals surface area contributed by atoms with Crippen LogP contribution in [0, 0.1) is 5.82 Å². The van der Waals surface area contributed by atoms with Gasteiger partial charge in [-0.3, -0.25) is 4.79 Å². The molecule has 0 fully saturated rings. The average Bonchev–Trinajstić information content (AvgIpc) is 3.07. The van der Waals surface area contributed by atoms with Gasteiger partial charge in [0.2, 0.25) is 0 Å². The van der Waals surface area contributed by atoms with E-state index < -0.39 is 17.6 Å². The summed E-state index contributed by atoms with van der Waals surface area (Å²) in [7, 11) is 0. The first-order valence-corrected chi connectivity index (χ1v) is 8.04. The van der Waals surface area contributed by atoms with Crippen LogP contribution in [0.15, 0.2) is 36.5 Å². The lowest BCUT2D eigenvalue weighted by Gasteiger charge is -2.11. The zero-order valence-corrected chi connectivity index (χ0v) is 13.7. The number of carbonyl (C=O) groups excluding carboxylic acids is 1. The van der Waals surface area contributed by atoms with E-state index >= 15 is 0 Å². The Hall–Kier alpha value is -3.23. The van der Waals surface area contributed by atoms with Crippen LogP contribution in [0.3, 0.4) is 0 Å². The first kappa shape index (κ1) is 17.2. The van der Waals surface area contributed by atoms with Gasteiger partial charge in [-0.05, 0) is 24.3 Å². The van der Waals surface area contributed by atoms with E-state index in [0.717, 1.165) is 11.8 Å². The van der Waals surface area contributed by atoms with E-state index in [4.69, 9.17) is 0 Å². The van der Waals surface area contributed by atoms with Crippen LogP contribution in [-0.4, -0.2) is 27.4 Å². The van der Waals surface area contributed by atoms with Crippen LogP contribution in [0.5, 0.6) is 0 Å². The smallest absolute Gasteiger partial charge is 0.356 e. The van der Waals surface area contributed by atoms with Crippen molar-refractivity contribution in [1.82, 2.24) is 20.3 Å². The summed E-state index contributed by atoms with van der Waals surface area (Å²) < 4.78 is 53.2. The van der Waals surface area contributed by atoms with Gasteiger partial charge >= 0.3 is 6.18 Å². The van der Waals surface area contributed by atoms with Gasteiger partial charge in [-0.15, -0.1) is 0 Å². The molecule has 0 unspecified atom stereocenters. The van der Waals surface area contributed by atoms with Gasteiger partial charge in [-0.2, -0.15) is 13.2 Å². The van der Waals surface area contributed by atoms with E-state index in [-0.39, 0.29) is 17.3 Å². The van der Waals surface area contributed by atoms with Crippen LogP contribution in [0.4, 0.5) is 17.6 Å². The zero-order valence-electron chi connectivity index (χ0n) is 13.7. The Kier molecular flexibility index (Phi) is 3.94. The number of nitrogens with zero attached hydrogens (tertiary/aromatic N) is 2. The highest BCUT2D eigenvalue weighted by Gasteiger charge is 2.35. The van der Waals surface area contributed by atoms with Crippen molar-refractivity contribution in [2.75, 3.05) is 6.54 Å². The molecule has 27 heavy (non-hydrogen) atoms. The maximum absolute atomic E-state index is 14.4. The molecule has 1 aliphatic rings. The Morgan fingerprint density at radius 1 is 1.11 bits per heavy atom. The summed E-state index contributed by atoms with van der Waals surface area (Å²) in [6.07, 6.45) is -2.86. The number of benzene rings is 1. The number of halogens is 4. The largest absolute Gasteiger partial charge is 0.419 e. The second-order valence-corrected chi connectivity index (χ2v) is 6.01. The molecule has 4 rings (SSSR count). The van der Waals surface area contributed by atoms with Crippen molar-refractivity contribution in [2.24, 2.45) is 0 Å². The van der Waals surface area contributed by atoms with Crippen molar-refractivity contribution in [3.8, 4) is 22.8 Å². The number of hydrogen-bond acceptors (Lipinski definition) is 3. The van der Waals surface area contributed by atoms with E-state index in [1.165, 1.54) is 18.3 Å². The van der Waals surface area contributed by atoms with Crippen molar-refractivity contribution in [1.29, 1.82) is 0 Å². The second-order valence-electron chi connectivity index (χ2n) is 6.01. The zero-order chi connectivity index (χ0) is 19.2. The standard InChI is InChI=1S/C18H12F4N4O/c19-15-9(2-1-3-11(15)18(20,21)22)16-23-6-5-13(26-16)14-8-10-12(25-14)4-7-24-17(10)27/h1-3,5-6,8,25H,4,7H2,(H,24,27). The quantitative estimate of drug-likeness (QED) is 0.672. The predicted octanol–water partition coefficient (Wildman–Crippen LogP) is 3.58. The number of alkyl halides is 3. The molecular weight excluding hydrogens is 364 g/mol. The number of hydrogen-bond donors (Lipinski definition) is 2. The van der Waals surface area contributed by atoms with Gasteiger partial charge in [0.15, 0.2) is 5.82 Å². The topological polar surface area (TPSA) is 70.7 Å². The van der Waals surface area contributed by atoms with E-state index in [0.29, 0.717) is 36.0 Å². The molecule has 0 aliphatic carbocycles. The molecule has 0 radical (unpaired) electrons. The third-order valence-electron chi connectivity index (χ3n) is 4.28. The molecule has 9 heteroatoms. The highest BCUT2D eigenvalue weighted by atomic mass is 19.4. The number of fused-ring (bicyclic) bond motifs is 1. The fourth-order valence-corrected chi connectivity index (χ4v) is 2.99. The number of aromatic amines is 1. The van der Waals surface area contributed by atoms with Crippen molar-refractivity contribution >= 4 is 5.91 Å². The van der Waals surface area contributed by atoms with E-state index in [2.05, 4.69) is 20.3 Å². The third kappa shape index (κ3) is 3.05. The van der Waals surface area contributed by atoms with Crippen molar-refractivity contribution < 1.29 is 22.4 Å². The van der Waals surface area contributed by atoms with Crippen molar-refractivity contribution in [3.63, 3.8) is 0 Å². The Morgan fingerprint density at radius 2 is 1.93 bits per heavy atom. The molecule has 0 saturated carbocycles. The number of nitrogens with one attached hydrogen (secondary N) is 2. The summed E-state index contributed by atoms with van der Waals surface area (Å²) in [4.78, 5) is 23.0. The molecule has 0 atom stereocenters. The number of H-pyrrole nitrogens is 1. The van der Waals surface area contributed by atoms with Crippen LogP contribution >= 0.6 is 0 Å². The maximum atomic E-state index is 14.4. The molecule has 1 aromatic carbocycles. The molecule has 1 aliphatic heterocycles. The maximum Gasteiger partial charge on any atom is 0.419 e. The summed E-state index contributed by atoms with van der Waals surface area (Å²) in [6, 6.07) is 6.11. The minimum Gasteiger partial charge on any atom is -0.356 e. The Morgan fingerprint density at radius 3 is 2.67 bits per heavy atom. The molecule has 0 spiro atoms. The van der Waals surface area contributed by atoms with E-state index in [9.17, 15) is 22.4 Å². The SMILES string of the molecule is O=C1NCCc2[nH]c(-c3ccnc(-c4cccc(C(F)(F)F)c4F)n3)cc21. The lowest BCUT2D eigenvalue weighted by Crippen LogP contribution is -2.31. The molecule has 0 saturated heterocycles. The summed E-state index contributed by atoms with van der Waals surface area (Å²) in [5.41, 5.74) is 0.370. The van der Waals surface area contributed by atoms with Gasteiger partial charge < -0.3 is 10.3 Å². The van der Waals surface area contributed by atoms with Gasteiger partial charge in [0.1, 0.15) is 5.82 Å². The van der Waals surface area contributed by atoms with Crippen molar-refractivity contribution in [2.45, 2.75) is 12.6 Å². The fourth-order valence-electron chi connectivity index (χ4n) is 2.99. The number of amides is 1. The number of aromatic nitrogens is 3. The average molecular weight is 376 g/mol. The van der Waals surface area contributed by atoms with Crippen LogP contribution in [-0.2, 0) is 12.6 Å². The van der Waals surface area contributed by atoms with Crippen molar-refractivity contribution in [3.05, 3.63) is 59.2 Å². The van der Waals surface area contributed by atoms with Crippen LogP contribution in [0.25, 0.3) is 22.8 Å². The molecular formula is C18H12F4N4O. The summed E-state index contributed by atoms with van der Waals surface area (Å²) >= 11 is 0. The summed E-state index contributed by atoms with van der Waals surface area (Å²) in [5.74, 6) is -1.81. The predicted molar refractivity (Wildman–Crippen MR) is 88.3 cm³/mol. The first-order valence-electron chi connectivity index (χ1n) is 8.04. The van der Waals surface area contributed by atoms with Gasteiger partial charge in [-0.1, -0.05) is 6.07 Å². The normalized spacial score (nSPS) is 14.0. The molecule has 2 N–H and O–H groups in total. The molecule has 2 aromatic heterocycles.